The van der Waals surface area contributed by atoms with E-state index in [1.165, 1.54) is 43.2 Å². The number of rotatable bonds is 2. The van der Waals surface area contributed by atoms with Gasteiger partial charge in [0.1, 0.15) is 11.8 Å². The number of nitriles is 1. The summed E-state index contributed by atoms with van der Waals surface area (Å²) in [5.41, 5.74) is 5.33. The van der Waals surface area contributed by atoms with E-state index in [1.54, 1.807) is 0 Å². The Balaban J connectivity index is 1.75. The monoisotopic (exact) mass is 304 g/mol. The van der Waals surface area contributed by atoms with Gasteiger partial charge in [-0.15, -0.1) is 0 Å². The summed E-state index contributed by atoms with van der Waals surface area (Å²) >= 11 is 0. The van der Waals surface area contributed by atoms with Crippen LogP contribution in [0, 0.1) is 11.3 Å². The van der Waals surface area contributed by atoms with Crippen LogP contribution in [0.25, 0.3) is 11.3 Å². The molecule has 4 nitrogen and oxygen atoms in total. The van der Waals surface area contributed by atoms with E-state index in [4.69, 9.17) is 4.98 Å². The molecule has 1 fully saturated rings. The van der Waals surface area contributed by atoms with Crippen LogP contribution in [0.2, 0.25) is 0 Å². The van der Waals surface area contributed by atoms with Gasteiger partial charge in [-0.3, -0.25) is 0 Å². The largest absolute Gasteiger partial charge is 0.341 e. The highest BCUT2D eigenvalue weighted by Crippen LogP contribution is 2.28. The normalized spacial score (nSPS) is 16.9. The van der Waals surface area contributed by atoms with Gasteiger partial charge in [0.05, 0.1) is 5.69 Å². The second-order valence-corrected chi connectivity index (χ2v) is 6.43. The Morgan fingerprint density at radius 3 is 2.48 bits per heavy atom. The molecule has 0 radical (unpaired) electrons. The summed E-state index contributed by atoms with van der Waals surface area (Å²) in [7, 11) is 0. The number of hydrogen-bond donors (Lipinski definition) is 0. The van der Waals surface area contributed by atoms with Gasteiger partial charge in [0.15, 0.2) is 0 Å². The van der Waals surface area contributed by atoms with Crippen molar-refractivity contribution in [3.63, 3.8) is 0 Å². The summed E-state index contributed by atoms with van der Waals surface area (Å²) in [6, 6.07) is 10.6. The standard InChI is InChI=1S/C19H20N4/c20-13-17-12-18(22-19(21-17)23-9-3-4-10-23)16-8-7-14-5-1-2-6-15(14)11-16/h7-8,11-12H,1-6,9-10H2. The van der Waals surface area contributed by atoms with Crippen LogP contribution in [0.15, 0.2) is 24.3 Å². The Hall–Kier alpha value is -2.41. The Labute approximate surface area is 136 Å². The van der Waals surface area contributed by atoms with Crippen molar-refractivity contribution in [2.45, 2.75) is 38.5 Å². The van der Waals surface area contributed by atoms with Crippen LogP contribution < -0.4 is 4.90 Å². The Kier molecular flexibility index (Phi) is 3.70. The molecule has 1 aromatic carbocycles. The second-order valence-electron chi connectivity index (χ2n) is 6.43. The molecule has 4 rings (SSSR count). The van der Waals surface area contributed by atoms with Gasteiger partial charge in [-0.1, -0.05) is 12.1 Å². The molecule has 0 saturated carbocycles. The molecule has 1 aliphatic carbocycles. The number of fused-ring (bicyclic) bond motifs is 1. The summed E-state index contributed by atoms with van der Waals surface area (Å²) in [4.78, 5) is 11.3. The summed E-state index contributed by atoms with van der Waals surface area (Å²) in [6.45, 7) is 1.97. The molecule has 0 bridgehead atoms. The Morgan fingerprint density at radius 1 is 0.913 bits per heavy atom. The fraction of sp³-hybridized carbons (Fsp3) is 0.421. The van der Waals surface area contributed by atoms with Gasteiger partial charge in [-0.05, 0) is 55.7 Å². The third-order valence-electron chi connectivity index (χ3n) is 4.86. The first kappa shape index (κ1) is 14.2. The van der Waals surface area contributed by atoms with Crippen molar-refractivity contribution < 1.29 is 0 Å². The zero-order valence-corrected chi connectivity index (χ0v) is 13.3. The van der Waals surface area contributed by atoms with Crippen LogP contribution in [0.5, 0.6) is 0 Å². The minimum Gasteiger partial charge on any atom is -0.341 e. The first-order valence-electron chi connectivity index (χ1n) is 8.50. The van der Waals surface area contributed by atoms with Crippen molar-refractivity contribution in [1.29, 1.82) is 5.26 Å². The molecule has 4 heteroatoms. The van der Waals surface area contributed by atoms with E-state index < -0.39 is 0 Å². The summed E-state index contributed by atoms with van der Waals surface area (Å²) in [5, 5.41) is 9.31. The fourth-order valence-corrected chi connectivity index (χ4v) is 3.59. The number of aryl methyl sites for hydroxylation is 2. The summed E-state index contributed by atoms with van der Waals surface area (Å²) < 4.78 is 0. The van der Waals surface area contributed by atoms with Crippen molar-refractivity contribution in [1.82, 2.24) is 9.97 Å². The molecule has 1 aliphatic heterocycles. The maximum absolute atomic E-state index is 9.31. The lowest BCUT2D eigenvalue weighted by Gasteiger charge is -2.18. The van der Waals surface area contributed by atoms with Gasteiger partial charge in [-0.25, -0.2) is 9.97 Å². The maximum Gasteiger partial charge on any atom is 0.227 e. The highest BCUT2D eigenvalue weighted by atomic mass is 15.3. The lowest BCUT2D eigenvalue weighted by Crippen LogP contribution is -2.21. The molecule has 2 aliphatic rings. The number of aromatic nitrogens is 2. The number of benzene rings is 1. The van der Waals surface area contributed by atoms with Crippen LogP contribution in [-0.2, 0) is 12.8 Å². The van der Waals surface area contributed by atoms with Crippen LogP contribution >= 0.6 is 0 Å². The van der Waals surface area contributed by atoms with Crippen LogP contribution in [0.3, 0.4) is 0 Å². The SMILES string of the molecule is N#Cc1cc(-c2ccc3c(c2)CCCC3)nc(N2CCCC2)n1. The molecule has 1 saturated heterocycles. The molecule has 2 heterocycles. The smallest absolute Gasteiger partial charge is 0.227 e. The van der Waals surface area contributed by atoms with E-state index >= 15 is 0 Å². The Morgan fingerprint density at radius 2 is 1.70 bits per heavy atom. The lowest BCUT2D eigenvalue weighted by molar-refractivity contribution is 0.686. The molecular weight excluding hydrogens is 284 g/mol. The average molecular weight is 304 g/mol. The second kappa shape index (κ2) is 6.00. The van der Waals surface area contributed by atoms with Gasteiger partial charge < -0.3 is 4.90 Å². The lowest BCUT2D eigenvalue weighted by atomic mass is 9.90. The van der Waals surface area contributed by atoms with Crippen molar-refractivity contribution >= 4 is 5.95 Å². The van der Waals surface area contributed by atoms with Gasteiger partial charge in [-0.2, -0.15) is 5.26 Å². The van der Waals surface area contributed by atoms with E-state index in [9.17, 15) is 5.26 Å². The van der Waals surface area contributed by atoms with Crippen LogP contribution in [0.4, 0.5) is 5.95 Å². The van der Waals surface area contributed by atoms with E-state index in [0.717, 1.165) is 30.8 Å². The average Bonchev–Trinajstić information content (AvgIpc) is 3.15. The quantitative estimate of drug-likeness (QED) is 0.852. The maximum atomic E-state index is 9.31. The van der Waals surface area contributed by atoms with Crippen LogP contribution in [0.1, 0.15) is 42.5 Å². The zero-order valence-electron chi connectivity index (χ0n) is 13.3. The molecule has 116 valence electrons. The number of nitrogens with zero attached hydrogens (tertiary/aromatic N) is 4. The van der Waals surface area contributed by atoms with E-state index in [-0.39, 0.29) is 0 Å². The molecule has 0 spiro atoms. The van der Waals surface area contributed by atoms with Crippen molar-refractivity contribution in [3.8, 4) is 17.3 Å². The highest BCUT2D eigenvalue weighted by Gasteiger charge is 2.18. The van der Waals surface area contributed by atoms with Gasteiger partial charge in [0.2, 0.25) is 5.95 Å². The minimum absolute atomic E-state index is 0.453. The van der Waals surface area contributed by atoms with Crippen molar-refractivity contribution in [2.24, 2.45) is 0 Å². The zero-order chi connectivity index (χ0) is 15.6. The molecule has 1 aromatic heterocycles. The molecule has 0 atom stereocenters. The third-order valence-corrected chi connectivity index (χ3v) is 4.86. The predicted molar refractivity (Wildman–Crippen MR) is 90.3 cm³/mol. The van der Waals surface area contributed by atoms with Crippen molar-refractivity contribution in [3.05, 3.63) is 41.1 Å². The Bertz CT molecular complexity index is 769. The summed E-state index contributed by atoms with van der Waals surface area (Å²) in [6.07, 6.45) is 7.24. The van der Waals surface area contributed by atoms with Gasteiger partial charge in [0.25, 0.3) is 0 Å². The van der Waals surface area contributed by atoms with E-state index in [1.807, 2.05) is 6.07 Å². The predicted octanol–water partition coefficient (Wildman–Crippen LogP) is 3.49. The number of anilines is 1. The van der Waals surface area contributed by atoms with E-state index in [0.29, 0.717) is 11.6 Å². The molecule has 0 unspecified atom stereocenters. The third kappa shape index (κ3) is 2.79. The molecule has 2 aromatic rings. The minimum atomic E-state index is 0.453. The molecular formula is C19H20N4. The topological polar surface area (TPSA) is 52.8 Å². The number of hydrogen-bond acceptors (Lipinski definition) is 4. The molecule has 0 amide bonds. The van der Waals surface area contributed by atoms with Gasteiger partial charge >= 0.3 is 0 Å². The fourth-order valence-electron chi connectivity index (χ4n) is 3.59. The summed E-state index contributed by atoms with van der Waals surface area (Å²) in [5.74, 6) is 0.703. The highest BCUT2D eigenvalue weighted by molar-refractivity contribution is 5.64. The molecule has 23 heavy (non-hydrogen) atoms. The first-order valence-corrected chi connectivity index (χ1v) is 8.50. The van der Waals surface area contributed by atoms with Gasteiger partial charge in [0, 0.05) is 24.7 Å². The van der Waals surface area contributed by atoms with E-state index in [2.05, 4.69) is 34.2 Å². The first-order chi connectivity index (χ1) is 11.3. The van der Waals surface area contributed by atoms with Crippen molar-refractivity contribution in [2.75, 3.05) is 18.0 Å². The molecule has 0 N–H and O–H groups in total. The van der Waals surface area contributed by atoms with Crippen LogP contribution in [-0.4, -0.2) is 23.1 Å².